The quantitative estimate of drug-likeness (QED) is 0.429. The lowest BCUT2D eigenvalue weighted by Crippen LogP contribution is -2.46. The van der Waals surface area contributed by atoms with E-state index in [1.54, 1.807) is 0 Å². The summed E-state index contributed by atoms with van der Waals surface area (Å²) < 4.78 is 11.1. The predicted octanol–water partition coefficient (Wildman–Crippen LogP) is 3.14. The van der Waals surface area contributed by atoms with Gasteiger partial charge in [-0.2, -0.15) is 0 Å². The largest absolute Gasteiger partial charge is 0.474 e. The fourth-order valence-electron chi connectivity index (χ4n) is 3.93. The summed E-state index contributed by atoms with van der Waals surface area (Å²) in [6.07, 6.45) is 8.55. The van der Waals surface area contributed by atoms with Gasteiger partial charge in [-0.15, -0.1) is 0 Å². The molecular formula is C22H34N4O3. The molecule has 7 heteroatoms. The van der Waals surface area contributed by atoms with Crippen molar-refractivity contribution < 1.29 is 14.3 Å². The van der Waals surface area contributed by atoms with Crippen molar-refractivity contribution in [1.29, 1.82) is 0 Å². The molecule has 1 aliphatic heterocycles. The van der Waals surface area contributed by atoms with Crippen molar-refractivity contribution in [2.24, 2.45) is 10.9 Å². The fourth-order valence-corrected chi connectivity index (χ4v) is 3.93. The Morgan fingerprint density at radius 1 is 1.21 bits per heavy atom. The monoisotopic (exact) mass is 402 g/mol. The normalized spacial score (nSPS) is 18.7. The van der Waals surface area contributed by atoms with E-state index in [0.717, 1.165) is 56.8 Å². The molecule has 0 amide bonds. The second-order valence-corrected chi connectivity index (χ2v) is 7.71. The Morgan fingerprint density at radius 2 is 1.97 bits per heavy atom. The Bertz CT molecular complexity index is 663. The van der Waals surface area contributed by atoms with Gasteiger partial charge in [0.25, 0.3) is 0 Å². The Labute approximate surface area is 173 Å². The van der Waals surface area contributed by atoms with Gasteiger partial charge < -0.3 is 19.7 Å². The molecular weight excluding hydrogens is 368 g/mol. The number of rotatable bonds is 7. The first kappa shape index (κ1) is 21.4. The van der Waals surface area contributed by atoms with E-state index in [2.05, 4.69) is 22.1 Å². The number of carbonyl (C=O) groups excluding carboxylic acids is 1. The van der Waals surface area contributed by atoms with Gasteiger partial charge >= 0.3 is 5.97 Å². The first-order chi connectivity index (χ1) is 14.2. The van der Waals surface area contributed by atoms with E-state index in [-0.39, 0.29) is 11.9 Å². The third kappa shape index (κ3) is 6.34. The van der Waals surface area contributed by atoms with Crippen LogP contribution in [0.5, 0.6) is 5.88 Å². The molecule has 0 spiro atoms. The molecule has 1 saturated carbocycles. The van der Waals surface area contributed by atoms with Gasteiger partial charge in [-0.1, -0.05) is 6.07 Å². The van der Waals surface area contributed by atoms with Crippen LogP contribution in [0, 0.1) is 5.92 Å². The lowest BCUT2D eigenvalue weighted by atomic mass is 9.97. The Kier molecular flexibility index (Phi) is 8.14. The van der Waals surface area contributed by atoms with Crippen molar-refractivity contribution >= 4 is 11.9 Å². The van der Waals surface area contributed by atoms with Crippen LogP contribution in [0.25, 0.3) is 0 Å². The van der Waals surface area contributed by atoms with Gasteiger partial charge in [0.05, 0.1) is 19.1 Å². The molecule has 1 aromatic rings. The number of nitrogens with zero attached hydrogens (tertiary/aromatic N) is 3. The van der Waals surface area contributed by atoms with Crippen LogP contribution in [0.4, 0.5) is 0 Å². The minimum atomic E-state index is -0.0694. The molecule has 29 heavy (non-hydrogen) atoms. The summed E-state index contributed by atoms with van der Waals surface area (Å²) in [5, 5.41) is 3.37. The maximum Gasteiger partial charge on any atom is 0.309 e. The van der Waals surface area contributed by atoms with Crippen LogP contribution in [-0.2, 0) is 16.1 Å². The van der Waals surface area contributed by atoms with Crippen molar-refractivity contribution in [3.8, 4) is 5.88 Å². The van der Waals surface area contributed by atoms with Crippen LogP contribution >= 0.6 is 0 Å². The lowest BCUT2D eigenvalue weighted by Gasteiger charge is -2.33. The van der Waals surface area contributed by atoms with E-state index in [1.165, 1.54) is 12.8 Å². The van der Waals surface area contributed by atoms with Gasteiger partial charge in [0.1, 0.15) is 6.10 Å². The van der Waals surface area contributed by atoms with Crippen LogP contribution in [0.3, 0.4) is 0 Å². The molecule has 2 fully saturated rings. The van der Waals surface area contributed by atoms with Gasteiger partial charge in [0.15, 0.2) is 5.96 Å². The molecule has 0 atom stereocenters. The molecule has 3 rings (SSSR count). The molecule has 2 heterocycles. The first-order valence-electron chi connectivity index (χ1n) is 11.0. The van der Waals surface area contributed by atoms with Crippen LogP contribution in [0.15, 0.2) is 23.3 Å². The number of aliphatic imine (C=N–C) groups is 1. The average molecular weight is 403 g/mol. The molecule has 7 nitrogen and oxygen atoms in total. The second kappa shape index (κ2) is 11.0. The highest BCUT2D eigenvalue weighted by Crippen LogP contribution is 2.23. The molecule has 1 saturated heterocycles. The number of carbonyl (C=O) groups is 1. The zero-order valence-corrected chi connectivity index (χ0v) is 17.7. The third-order valence-corrected chi connectivity index (χ3v) is 5.55. The third-order valence-electron chi connectivity index (χ3n) is 5.55. The molecule has 0 aromatic carbocycles. The predicted molar refractivity (Wildman–Crippen MR) is 113 cm³/mol. The molecule has 1 N–H and O–H groups in total. The maximum atomic E-state index is 11.9. The number of esters is 1. The van der Waals surface area contributed by atoms with Crippen LogP contribution in [-0.4, -0.2) is 54.2 Å². The molecule has 160 valence electrons. The zero-order chi connectivity index (χ0) is 20.5. The Morgan fingerprint density at radius 3 is 2.59 bits per heavy atom. The molecule has 0 radical (unpaired) electrons. The standard InChI is InChI=1S/C22H34N4O3/c1-3-23-22(26-13-11-18(12-14-26)21(27)28-4-2)25-16-17-9-10-20(24-15-17)29-19-7-5-6-8-19/h9-10,15,18-19H,3-8,11-14,16H2,1-2H3,(H,23,25). The van der Waals surface area contributed by atoms with Crippen molar-refractivity contribution in [3.63, 3.8) is 0 Å². The molecule has 0 unspecified atom stereocenters. The summed E-state index contributed by atoms with van der Waals surface area (Å²) >= 11 is 0. The van der Waals surface area contributed by atoms with Gasteiger partial charge in [-0.05, 0) is 57.9 Å². The van der Waals surface area contributed by atoms with E-state index in [0.29, 0.717) is 25.1 Å². The highest BCUT2D eigenvalue weighted by Gasteiger charge is 2.27. The van der Waals surface area contributed by atoms with Crippen molar-refractivity contribution in [2.75, 3.05) is 26.2 Å². The van der Waals surface area contributed by atoms with Crippen molar-refractivity contribution in [3.05, 3.63) is 23.9 Å². The first-order valence-corrected chi connectivity index (χ1v) is 11.0. The number of guanidine groups is 1. The number of ether oxygens (including phenoxy) is 2. The molecule has 1 aliphatic carbocycles. The van der Waals surface area contributed by atoms with E-state index in [4.69, 9.17) is 14.5 Å². The highest BCUT2D eigenvalue weighted by atomic mass is 16.5. The fraction of sp³-hybridized carbons (Fsp3) is 0.682. The van der Waals surface area contributed by atoms with Gasteiger partial charge in [0, 0.05) is 31.9 Å². The summed E-state index contributed by atoms with van der Waals surface area (Å²) in [6.45, 7) is 7.36. The summed E-state index contributed by atoms with van der Waals surface area (Å²) in [6, 6.07) is 3.98. The number of hydrogen-bond acceptors (Lipinski definition) is 5. The second-order valence-electron chi connectivity index (χ2n) is 7.71. The van der Waals surface area contributed by atoms with Gasteiger partial charge in [-0.3, -0.25) is 4.79 Å². The minimum Gasteiger partial charge on any atom is -0.474 e. The summed E-state index contributed by atoms with van der Waals surface area (Å²) in [5.74, 6) is 1.53. The number of pyridine rings is 1. The van der Waals surface area contributed by atoms with E-state index < -0.39 is 0 Å². The zero-order valence-electron chi connectivity index (χ0n) is 17.7. The topological polar surface area (TPSA) is 76.1 Å². The van der Waals surface area contributed by atoms with Crippen LogP contribution < -0.4 is 10.1 Å². The van der Waals surface area contributed by atoms with Gasteiger partial charge in [-0.25, -0.2) is 9.98 Å². The van der Waals surface area contributed by atoms with E-state index >= 15 is 0 Å². The Balaban J connectivity index is 1.53. The lowest BCUT2D eigenvalue weighted by molar-refractivity contribution is -0.149. The summed E-state index contributed by atoms with van der Waals surface area (Å²) in [5.41, 5.74) is 1.06. The van der Waals surface area contributed by atoms with Gasteiger partial charge in [0.2, 0.25) is 5.88 Å². The number of nitrogens with one attached hydrogen (secondary N) is 1. The van der Waals surface area contributed by atoms with Crippen LogP contribution in [0.2, 0.25) is 0 Å². The summed E-state index contributed by atoms with van der Waals surface area (Å²) in [4.78, 5) is 23.4. The molecule has 0 bridgehead atoms. The highest BCUT2D eigenvalue weighted by molar-refractivity contribution is 5.80. The summed E-state index contributed by atoms with van der Waals surface area (Å²) in [7, 11) is 0. The van der Waals surface area contributed by atoms with Crippen molar-refractivity contribution in [1.82, 2.24) is 15.2 Å². The van der Waals surface area contributed by atoms with Crippen molar-refractivity contribution in [2.45, 2.75) is 65.0 Å². The number of likely N-dealkylation sites (tertiary alicyclic amines) is 1. The maximum absolute atomic E-state index is 11.9. The number of piperidine rings is 1. The smallest absolute Gasteiger partial charge is 0.309 e. The minimum absolute atomic E-state index is 0.00527. The number of hydrogen-bond donors (Lipinski definition) is 1. The molecule has 2 aliphatic rings. The average Bonchev–Trinajstić information content (AvgIpc) is 3.25. The molecule has 1 aromatic heterocycles. The Hall–Kier alpha value is -2.31. The number of aromatic nitrogens is 1. The van der Waals surface area contributed by atoms with Crippen LogP contribution in [0.1, 0.15) is 57.9 Å². The van der Waals surface area contributed by atoms with E-state index in [9.17, 15) is 4.79 Å². The SMILES string of the molecule is CCNC(=NCc1ccc(OC2CCCC2)nc1)N1CCC(C(=O)OCC)CC1. The van der Waals surface area contributed by atoms with E-state index in [1.807, 2.05) is 25.3 Å².